The fourth-order valence-corrected chi connectivity index (χ4v) is 3.10. The van der Waals surface area contributed by atoms with Crippen molar-refractivity contribution >= 4 is 11.6 Å². The number of nitrogens with zero attached hydrogens (tertiary/aromatic N) is 3. The van der Waals surface area contributed by atoms with Crippen LogP contribution < -0.4 is 5.73 Å². The van der Waals surface area contributed by atoms with Crippen molar-refractivity contribution in [3.8, 4) is 0 Å². The Hall–Kier alpha value is -2.30. The Balaban J connectivity index is 1.94. The highest BCUT2D eigenvalue weighted by molar-refractivity contribution is 5.98. The Morgan fingerprint density at radius 1 is 1.33 bits per heavy atom. The smallest absolute Gasteiger partial charge is 0.274 e. The number of nitrogens with two attached hydrogens (primary N) is 1. The first-order valence-electron chi connectivity index (χ1n) is 7.24. The summed E-state index contributed by atoms with van der Waals surface area (Å²) in [5.74, 6) is -0.0260. The summed E-state index contributed by atoms with van der Waals surface area (Å²) in [5.41, 5.74) is 8.89. The molecule has 0 saturated carbocycles. The minimum atomic E-state index is -0.0260. The molecule has 2 heterocycles. The van der Waals surface area contributed by atoms with Gasteiger partial charge < -0.3 is 10.6 Å². The Kier molecular flexibility index (Phi) is 3.41. The molecule has 1 aromatic carbocycles. The van der Waals surface area contributed by atoms with E-state index in [4.69, 9.17) is 5.73 Å². The summed E-state index contributed by atoms with van der Waals surface area (Å²) < 4.78 is 1.59. The van der Waals surface area contributed by atoms with Gasteiger partial charge in [-0.25, -0.2) is 0 Å². The van der Waals surface area contributed by atoms with Gasteiger partial charge in [-0.1, -0.05) is 30.3 Å². The van der Waals surface area contributed by atoms with Crippen molar-refractivity contribution in [2.75, 3.05) is 12.3 Å². The number of amides is 1. The molecule has 0 spiro atoms. The number of aromatic nitrogens is 2. The molecule has 1 saturated heterocycles. The minimum Gasteiger partial charge on any atom is -0.395 e. The van der Waals surface area contributed by atoms with E-state index < -0.39 is 0 Å². The van der Waals surface area contributed by atoms with Crippen LogP contribution in [-0.4, -0.2) is 27.1 Å². The van der Waals surface area contributed by atoms with E-state index in [0.717, 1.165) is 19.4 Å². The molecule has 0 aliphatic carbocycles. The highest BCUT2D eigenvalue weighted by Gasteiger charge is 2.33. The minimum absolute atomic E-state index is 0.0260. The SMILES string of the molecule is Cc1nn(C)c(C(=O)N2CCCC2c2ccccc2)c1N. The molecule has 2 N–H and O–H groups in total. The molecular weight excluding hydrogens is 264 g/mol. The summed E-state index contributed by atoms with van der Waals surface area (Å²) in [6.07, 6.45) is 2.01. The van der Waals surface area contributed by atoms with Crippen molar-refractivity contribution in [1.82, 2.24) is 14.7 Å². The molecule has 3 rings (SSSR count). The molecule has 5 nitrogen and oxygen atoms in total. The molecule has 1 amide bonds. The van der Waals surface area contributed by atoms with Gasteiger partial charge in [0, 0.05) is 13.6 Å². The molecule has 1 aliphatic rings. The Bertz CT molecular complexity index is 662. The predicted octanol–water partition coefficient (Wildman–Crippen LogP) is 2.29. The molecule has 1 aromatic heterocycles. The molecule has 2 aromatic rings. The van der Waals surface area contributed by atoms with Gasteiger partial charge in [-0.15, -0.1) is 0 Å². The third-order valence-electron chi connectivity index (χ3n) is 4.17. The molecule has 1 atom stereocenters. The number of hydrogen-bond donors (Lipinski definition) is 1. The van der Waals surface area contributed by atoms with Gasteiger partial charge in [-0.3, -0.25) is 9.48 Å². The van der Waals surface area contributed by atoms with Crippen LogP contribution >= 0.6 is 0 Å². The average Bonchev–Trinajstić information content (AvgIpc) is 3.05. The second-order valence-corrected chi connectivity index (χ2v) is 5.54. The fourth-order valence-electron chi connectivity index (χ4n) is 3.10. The Labute approximate surface area is 124 Å². The zero-order chi connectivity index (χ0) is 15.0. The highest BCUT2D eigenvalue weighted by Crippen LogP contribution is 2.33. The molecule has 110 valence electrons. The van der Waals surface area contributed by atoms with Gasteiger partial charge >= 0.3 is 0 Å². The van der Waals surface area contributed by atoms with Gasteiger partial charge in [-0.2, -0.15) is 5.10 Å². The Morgan fingerprint density at radius 3 is 2.67 bits per heavy atom. The zero-order valence-electron chi connectivity index (χ0n) is 12.4. The predicted molar refractivity (Wildman–Crippen MR) is 81.8 cm³/mol. The fraction of sp³-hybridized carbons (Fsp3) is 0.375. The summed E-state index contributed by atoms with van der Waals surface area (Å²) in [7, 11) is 1.77. The van der Waals surface area contributed by atoms with Crippen LogP contribution in [0.15, 0.2) is 30.3 Å². The number of rotatable bonds is 2. The van der Waals surface area contributed by atoms with E-state index in [1.165, 1.54) is 5.56 Å². The Morgan fingerprint density at radius 2 is 2.05 bits per heavy atom. The monoisotopic (exact) mass is 284 g/mol. The number of carbonyl (C=O) groups excluding carboxylic acids is 1. The van der Waals surface area contributed by atoms with E-state index in [2.05, 4.69) is 17.2 Å². The van der Waals surface area contributed by atoms with Crippen LogP contribution in [-0.2, 0) is 7.05 Å². The number of anilines is 1. The second kappa shape index (κ2) is 5.24. The molecule has 1 unspecified atom stereocenters. The maximum absolute atomic E-state index is 12.9. The summed E-state index contributed by atoms with van der Waals surface area (Å²) in [6.45, 7) is 2.59. The largest absolute Gasteiger partial charge is 0.395 e. The van der Waals surface area contributed by atoms with E-state index in [-0.39, 0.29) is 11.9 Å². The topological polar surface area (TPSA) is 64.2 Å². The van der Waals surface area contributed by atoms with Gasteiger partial charge in [0.1, 0.15) is 5.69 Å². The molecule has 1 aliphatic heterocycles. The normalized spacial score (nSPS) is 18.2. The molecule has 21 heavy (non-hydrogen) atoms. The number of benzene rings is 1. The van der Waals surface area contributed by atoms with E-state index >= 15 is 0 Å². The summed E-state index contributed by atoms with van der Waals surface area (Å²) >= 11 is 0. The number of hydrogen-bond acceptors (Lipinski definition) is 3. The van der Waals surface area contributed by atoms with Crippen LogP contribution in [0.5, 0.6) is 0 Å². The van der Waals surface area contributed by atoms with Gasteiger partial charge in [0.2, 0.25) is 0 Å². The van der Waals surface area contributed by atoms with Gasteiger partial charge in [0.05, 0.1) is 17.4 Å². The molecular formula is C16H20N4O. The van der Waals surface area contributed by atoms with Crippen molar-refractivity contribution in [1.29, 1.82) is 0 Å². The lowest BCUT2D eigenvalue weighted by molar-refractivity contribution is 0.0725. The quantitative estimate of drug-likeness (QED) is 0.920. The standard InChI is InChI=1S/C16H20N4O/c1-11-14(17)15(19(2)18-11)16(21)20-10-6-9-13(20)12-7-4-3-5-8-12/h3-5,7-8,13H,6,9-10,17H2,1-2H3. The molecule has 0 radical (unpaired) electrons. The van der Waals surface area contributed by atoms with Crippen molar-refractivity contribution in [3.05, 3.63) is 47.3 Å². The maximum atomic E-state index is 12.9. The summed E-state index contributed by atoms with van der Waals surface area (Å²) in [6, 6.07) is 10.3. The lowest BCUT2D eigenvalue weighted by atomic mass is 10.0. The van der Waals surface area contributed by atoms with Crippen LogP contribution in [0.2, 0.25) is 0 Å². The maximum Gasteiger partial charge on any atom is 0.274 e. The van der Waals surface area contributed by atoms with Crippen molar-refractivity contribution < 1.29 is 4.79 Å². The van der Waals surface area contributed by atoms with E-state index in [1.807, 2.05) is 30.0 Å². The van der Waals surface area contributed by atoms with Crippen LogP contribution in [0.4, 0.5) is 5.69 Å². The van der Waals surface area contributed by atoms with Crippen LogP contribution in [0, 0.1) is 6.92 Å². The van der Waals surface area contributed by atoms with E-state index in [1.54, 1.807) is 11.7 Å². The van der Waals surface area contributed by atoms with Gasteiger partial charge in [-0.05, 0) is 25.3 Å². The summed E-state index contributed by atoms with van der Waals surface area (Å²) in [5, 5.41) is 4.25. The number of likely N-dealkylation sites (tertiary alicyclic amines) is 1. The first-order valence-corrected chi connectivity index (χ1v) is 7.24. The number of carbonyl (C=O) groups is 1. The van der Waals surface area contributed by atoms with Crippen LogP contribution in [0.25, 0.3) is 0 Å². The molecule has 1 fully saturated rings. The molecule has 0 bridgehead atoms. The highest BCUT2D eigenvalue weighted by atomic mass is 16.2. The van der Waals surface area contributed by atoms with Gasteiger partial charge in [0.25, 0.3) is 5.91 Å². The average molecular weight is 284 g/mol. The lowest BCUT2D eigenvalue weighted by Gasteiger charge is -2.25. The van der Waals surface area contributed by atoms with Crippen LogP contribution in [0.3, 0.4) is 0 Å². The lowest BCUT2D eigenvalue weighted by Crippen LogP contribution is -2.32. The first-order chi connectivity index (χ1) is 10.1. The van der Waals surface area contributed by atoms with Crippen molar-refractivity contribution in [2.24, 2.45) is 7.05 Å². The number of nitrogen functional groups attached to an aromatic ring is 1. The molecule has 5 heteroatoms. The van der Waals surface area contributed by atoms with Crippen molar-refractivity contribution in [2.45, 2.75) is 25.8 Å². The van der Waals surface area contributed by atoms with E-state index in [9.17, 15) is 4.79 Å². The summed E-state index contributed by atoms with van der Waals surface area (Å²) in [4.78, 5) is 14.8. The van der Waals surface area contributed by atoms with Crippen molar-refractivity contribution in [3.63, 3.8) is 0 Å². The van der Waals surface area contributed by atoms with Gasteiger partial charge in [0.15, 0.2) is 0 Å². The number of aryl methyl sites for hydroxylation is 2. The van der Waals surface area contributed by atoms with Crippen LogP contribution in [0.1, 0.15) is 40.6 Å². The third-order valence-corrected chi connectivity index (χ3v) is 4.17. The first kappa shape index (κ1) is 13.7. The second-order valence-electron chi connectivity index (χ2n) is 5.54. The van der Waals surface area contributed by atoms with E-state index in [0.29, 0.717) is 17.1 Å². The third kappa shape index (κ3) is 2.28. The zero-order valence-corrected chi connectivity index (χ0v) is 12.4.